The Hall–Kier alpha value is -2.56. The van der Waals surface area contributed by atoms with Crippen LogP contribution in [0.2, 0.25) is 0 Å². The molecule has 0 fully saturated rings. The minimum Gasteiger partial charge on any atom is -0.372 e. The molecule has 0 unspecified atom stereocenters. The average molecular weight is 354 g/mol. The Bertz CT molecular complexity index is 669. The Balaban J connectivity index is 1.68. The predicted molar refractivity (Wildman–Crippen MR) is 111 cm³/mol. The second-order valence-electron chi connectivity index (χ2n) is 6.25. The number of hydrogen-bond donors (Lipinski definition) is 2. The molecule has 0 radical (unpaired) electrons. The minimum atomic E-state index is 0.857. The summed E-state index contributed by atoms with van der Waals surface area (Å²) in [5.41, 5.74) is 3.84. The number of nitrogens with one attached hydrogen (secondary N) is 2. The number of guanidine groups is 1. The summed E-state index contributed by atoms with van der Waals surface area (Å²) < 4.78 is 0. The van der Waals surface area contributed by atoms with Crippen molar-refractivity contribution in [2.24, 2.45) is 4.99 Å². The van der Waals surface area contributed by atoms with E-state index in [2.05, 4.69) is 75.8 Å². The van der Waals surface area contributed by atoms with Crippen LogP contribution in [0.15, 0.2) is 53.8 Å². The van der Waals surface area contributed by atoms with Crippen LogP contribution in [0.4, 0.5) is 5.69 Å². The van der Waals surface area contributed by atoms with E-state index in [9.17, 15) is 0 Å². The van der Waals surface area contributed by atoms with E-state index < -0.39 is 0 Å². The van der Waals surface area contributed by atoms with Gasteiger partial charge in [0, 0.05) is 51.3 Å². The van der Waals surface area contributed by atoms with E-state index in [1.54, 1.807) is 0 Å². The van der Waals surface area contributed by atoms with Crippen LogP contribution < -0.4 is 15.5 Å². The van der Waals surface area contributed by atoms with Crippen molar-refractivity contribution >= 4 is 11.6 Å². The molecule has 0 aliphatic carbocycles. The van der Waals surface area contributed by atoms with Crippen molar-refractivity contribution in [2.45, 2.75) is 26.7 Å². The molecule has 0 bridgehead atoms. The number of benzene rings is 1. The lowest BCUT2D eigenvalue weighted by Gasteiger charge is -2.23. The quantitative estimate of drug-likeness (QED) is 0.413. The molecule has 26 heavy (non-hydrogen) atoms. The van der Waals surface area contributed by atoms with E-state index in [0.717, 1.165) is 45.0 Å². The van der Waals surface area contributed by atoms with Crippen molar-refractivity contribution in [1.82, 2.24) is 15.6 Å². The van der Waals surface area contributed by atoms with E-state index >= 15 is 0 Å². The van der Waals surface area contributed by atoms with Crippen LogP contribution in [-0.4, -0.2) is 44.2 Å². The number of aryl methyl sites for hydroxylation is 1. The third-order valence-electron chi connectivity index (χ3n) is 4.45. The van der Waals surface area contributed by atoms with Crippen molar-refractivity contribution < 1.29 is 0 Å². The van der Waals surface area contributed by atoms with E-state index in [0.29, 0.717) is 0 Å². The second-order valence-corrected chi connectivity index (χ2v) is 6.25. The molecular formula is C21H31N5. The lowest BCUT2D eigenvalue weighted by Crippen LogP contribution is -2.39. The van der Waals surface area contributed by atoms with E-state index in [-0.39, 0.29) is 0 Å². The monoisotopic (exact) mass is 353 g/mol. The van der Waals surface area contributed by atoms with E-state index in [1.807, 2.05) is 19.4 Å². The summed E-state index contributed by atoms with van der Waals surface area (Å²) in [4.78, 5) is 10.8. The molecule has 0 saturated carbocycles. The zero-order chi connectivity index (χ0) is 18.6. The van der Waals surface area contributed by atoms with Gasteiger partial charge in [-0.1, -0.05) is 18.2 Å². The van der Waals surface area contributed by atoms with Crippen LogP contribution >= 0.6 is 0 Å². The molecule has 2 N–H and O–H groups in total. The summed E-state index contributed by atoms with van der Waals surface area (Å²) in [6, 6.07) is 12.6. The van der Waals surface area contributed by atoms with Crippen molar-refractivity contribution in [3.63, 3.8) is 0 Å². The van der Waals surface area contributed by atoms with Crippen LogP contribution in [0.25, 0.3) is 0 Å². The molecule has 2 rings (SSSR count). The molecule has 2 aromatic rings. The summed E-state index contributed by atoms with van der Waals surface area (Å²) in [5, 5.41) is 6.78. The Labute approximate surface area is 157 Å². The van der Waals surface area contributed by atoms with Gasteiger partial charge in [-0.25, -0.2) is 0 Å². The number of anilines is 1. The molecule has 0 aliphatic heterocycles. The maximum absolute atomic E-state index is 4.31. The Kier molecular flexibility index (Phi) is 8.46. The van der Waals surface area contributed by atoms with Crippen molar-refractivity contribution in [3.8, 4) is 0 Å². The van der Waals surface area contributed by atoms with Crippen molar-refractivity contribution in [2.75, 3.05) is 38.1 Å². The third-order valence-corrected chi connectivity index (χ3v) is 4.45. The average Bonchev–Trinajstić information content (AvgIpc) is 2.68. The first-order chi connectivity index (χ1) is 12.7. The maximum atomic E-state index is 4.31. The van der Waals surface area contributed by atoms with E-state index in [1.165, 1.54) is 16.8 Å². The third kappa shape index (κ3) is 6.39. The van der Waals surface area contributed by atoms with Gasteiger partial charge in [-0.05, 0) is 56.0 Å². The molecule has 1 aromatic carbocycles. The van der Waals surface area contributed by atoms with Gasteiger partial charge in [-0.2, -0.15) is 0 Å². The predicted octanol–water partition coefficient (Wildman–Crippen LogP) is 3.01. The van der Waals surface area contributed by atoms with Gasteiger partial charge >= 0.3 is 0 Å². The topological polar surface area (TPSA) is 52.5 Å². The number of para-hydroxylation sites is 1. The first kappa shape index (κ1) is 19.8. The van der Waals surface area contributed by atoms with Gasteiger partial charge in [-0.15, -0.1) is 0 Å². The van der Waals surface area contributed by atoms with Gasteiger partial charge in [0.2, 0.25) is 0 Å². The van der Waals surface area contributed by atoms with Gasteiger partial charge in [-0.3, -0.25) is 9.98 Å². The number of pyridine rings is 1. The highest BCUT2D eigenvalue weighted by Crippen LogP contribution is 2.12. The van der Waals surface area contributed by atoms with Crippen molar-refractivity contribution in [1.29, 1.82) is 0 Å². The van der Waals surface area contributed by atoms with Gasteiger partial charge in [0.25, 0.3) is 0 Å². The summed E-state index contributed by atoms with van der Waals surface area (Å²) in [6.45, 7) is 8.10. The van der Waals surface area contributed by atoms with Crippen molar-refractivity contribution in [3.05, 3.63) is 59.9 Å². The highest BCUT2D eigenvalue weighted by Gasteiger charge is 2.04. The maximum Gasteiger partial charge on any atom is 0.190 e. The fourth-order valence-electron chi connectivity index (χ4n) is 2.90. The van der Waals surface area contributed by atoms with Crippen LogP contribution in [-0.2, 0) is 6.42 Å². The summed E-state index contributed by atoms with van der Waals surface area (Å²) in [6.07, 6.45) is 5.79. The summed E-state index contributed by atoms with van der Waals surface area (Å²) >= 11 is 0. The van der Waals surface area contributed by atoms with Gasteiger partial charge in [0.15, 0.2) is 5.96 Å². The Morgan fingerprint density at radius 2 is 1.88 bits per heavy atom. The van der Waals surface area contributed by atoms with Crippen LogP contribution in [0.3, 0.4) is 0 Å². The first-order valence-corrected chi connectivity index (χ1v) is 9.38. The van der Waals surface area contributed by atoms with Crippen LogP contribution in [0, 0.1) is 6.92 Å². The Morgan fingerprint density at radius 1 is 1.12 bits per heavy atom. The smallest absolute Gasteiger partial charge is 0.190 e. The highest BCUT2D eigenvalue weighted by molar-refractivity contribution is 5.79. The number of nitrogens with zero attached hydrogens (tertiary/aromatic N) is 3. The number of aromatic nitrogens is 1. The minimum absolute atomic E-state index is 0.857. The molecule has 1 aromatic heterocycles. The number of hydrogen-bond acceptors (Lipinski definition) is 3. The van der Waals surface area contributed by atoms with Gasteiger partial charge in [0.05, 0.1) is 0 Å². The van der Waals surface area contributed by atoms with Gasteiger partial charge < -0.3 is 15.5 Å². The molecule has 0 spiro atoms. The summed E-state index contributed by atoms with van der Waals surface area (Å²) in [5.74, 6) is 0.861. The number of aliphatic imine (C=N–C) groups is 1. The van der Waals surface area contributed by atoms with Crippen LogP contribution in [0.5, 0.6) is 0 Å². The molecule has 5 heteroatoms. The molecule has 0 aliphatic rings. The zero-order valence-electron chi connectivity index (χ0n) is 16.2. The molecule has 0 amide bonds. The first-order valence-electron chi connectivity index (χ1n) is 9.38. The van der Waals surface area contributed by atoms with Crippen LogP contribution in [0.1, 0.15) is 24.5 Å². The van der Waals surface area contributed by atoms with Gasteiger partial charge in [0.1, 0.15) is 0 Å². The molecule has 140 valence electrons. The molecular weight excluding hydrogens is 322 g/mol. The lowest BCUT2D eigenvalue weighted by molar-refractivity contribution is 0.707. The zero-order valence-corrected chi connectivity index (χ0v) is 16.2. The molecule has 1 heterocycles. The molecule has 0 saturated heterocycles. The highest BCUT2D eigenvalue weighted by atomic mass is 15.2. The molecule has 0 atom stereocenters. The largest absolute Gasteiger partial charge is 0.372 e. The second kappa shape index (κ2) is 11.1. The lowest BCUT2D eigenvalue weighted by atomic mass is 10.1. The molecule has 5 nitrogen and oxygen atoms in total. The summed E-state index contributed by atoms with van der Waals surface area (Å²) in [7, 11) is 1.81. The fraction of sp³-hybridized carbons (Fsp3) is 0.429. The standard InChI is InChI=1S/C21H31N5/c1-4-26(20-9-6-5-7-10-20)16-8-13-24-21(22-3)25-15-12-19-11-14-23-17-18(19)2/h5-7,9-11,14,17H,4,8,12-13,15-16H2,1-3H3,(H2,22,24,25). The fourth-order valence-corrected chi connectivity index (χ4v) is 2.90. The number of rotatable bonds is 9. The normalized spacial score (nSPS) is 11.3. The van der Waals surface area contributed by atoms with E-state index in [4.69, 9.17) is 0 Å². The SMILES string of the molecule is CCN(CCCNC(=NC)NCCc1ccncc1C)c1ccccc1. The Morgan fingerprint density at radius 3 is 2.58 bits per heavy atom.